The fourth-order valence-electron chi connectivity index (χ4n) is 1.33. The minimum absolute atomic E-state index is 0.0979. The van der Waals surface area contributed by atoms with E-state index in [0.29, 0.717) is 9.35 Å². The van der Waals surface area contributed by atoms with Crippen LogP contribution in [0.5, 0.6) is 0 Å². The van der Waals surface area contributed by atoms with Crippen LogP contribution in [0.1, 0.15) is 23.5 Å². The summed E-state index contributed by atoms with van der Waals surface area (Å²) >= 11 is 7.69. The molecule has 1 rings (SSSR count). The second-order valence-corrected chi connectivity index (χ2v) is 6.87. The van der Waals surface area contributed by atoms with Gasteiger partial charge in [0.1, 0.15) is 0 Å². The van der Waals surface area contributed by atoms with E-state index in [9.17, 15) is 14.4 Å². The number of rotatable bonds is 6. The van der Waals surface area contributed by atoms with Crippen LogP contribution in [-0.2, 0) is 19.1 Å². The van der Waals surface area contributed by atoms with E-state index in [4.69, 9.17) is 9.47 Å². The predicted molar refractivity (Wildman–Crippen MR) is 84.2 cm³/mol. The summed E-state index contributed by atoms with van der Waals surface area (Å²) in [7, 11) is 0. The molecular formula is C12H13Br2NO5S. The molecule has 0 saturated heterocycles. The molecule has 0 radical (unpaired) electrons. The quantitative estimate of drug-likeness (QED) is 0.540. The summed E-state index contributed by atoms with van der Waals surface area (Å²) in [6.45, 7) is 3.41. The first-order valence-corrected chi connectivity index (χ1v) is 8.39. The third-order valence-corrected chi connectivity index (χ3v) is 5.44. The number of carbonyl (C=O) groups excluding carboxylic acids is 3. The molecule has 0 bridgehead atoms. The fourth-order valence-corrected chi connectivity index (χ4v) is 3.26. The lowest BCUT2D eigenvalue weighted by molar-refractivity contribution is -0.157. The monoisotopic (exact) mass is 441 g/mol. The summed E-state index contributed by atoms with van der Waals surface area (Å²) in [5.74, 6) is -2.25. The number of hydrogen-bond acceptors (Lipinski definition) is 6. The van der Waals surface area contributed by atoms with Crippen molar-refractivity contribution in [2.75, 3.05) is 13.2 Å². The lowest BCUT2D eigenvalue weighted by Crippen LogP contribution is -2.48. The molecule has 116 valence electrons. The minimum atomic E-state index is -1.47. The summed E-state index contributed by atoms with van der Waals surface area (Å²) in [5.41, 5.74) is 0. The van der Waals surface area contributed by atoms with Gasteiger partial charge in [-0.2, -0.15) is 0 Å². The predicted octanol–water partition coefficient (Wildman–Crippen LogP) is 2.50. The van der Waals surface area contributed by atoms with Crippen LogP contribution in [0.4, 0.5) is 0 Å². The molecule has 0 aliphatic carbocycles. The average Bonchev–Trinajstić information content (AvgIpc) is 2.76. The number of thiophene rings is 1. The van der Waals surface area contributed by atoms with E-state index in [-0.39, 0.29) is 13.2 Å². The van der Waals surface area contributed by atoms with Crippen LogP contribution in [-0.4, -0.2) is 37.1 Å². The Labute approximate surface area is 142 Å². The molecule has 9 heteroatoms. The van der Waals surface area contributed by atoms with E-state index < -0.39 is 23.9 Å². The molecule has 0 unspecified atom stereocenters. The minimum Gasteiger partial charge on any atom is -0.464 e. The summed E-state index contributed by atoms with van der Waals surface area (Å²) in [6, 6.07) is 0.106. The standard InChI is InChI=1S/C12H13Br2NO5S/c1-3-19-11(17)8(12(18)20-4-2)15-10(16)7-5-6(13)9(14)21-7/h5,8H,3-4H2,1-2H3,(H,15,16). The number of ether oxygens (including phenoxy) is 2. The lowest BCUT2D eigenvalue weighted by atomic mass is 10.3. The van der Waals surface area contributed by atoms with Gasteiger partial charge in [-0.15, -0.1) is 11.3 Å². The van der Waals surface area contributed by atoms with Crippen molar-refractivity contribution in [1.82, 2.24) is 5.32 Å². The first-order chi connectivity index (χ1) is 9.90. The molecule has 0 atom stereocenters. The van der Waals surface area contributed by atoms with E-state index in [0.717, 1.165) is 3.79 Å². The van der Waals surface area contributed by atoms with Crippen molar-refractivity contribution in [1.29, 1.82) is 0 Å². The first kappa shape index (κ1) is 18.1. The molecular weight excluding hydrogens is 430 g/mol. The molecule has 0 spiro atoms. The zero-order chi connectivity index (χ0) is 16.0. The molecule has 0 aromatic carbocycles. The Bertz CT molecular complexity index is 508. The van der Waals surface area contributed by atoms with Gasteiger partial charge in [-0.1, -0.05) is 0 Å². The SMILES string of the molecule is CCOC(=O)C(NC(=O)c1cc(Br)c(Br)s1)C(=O)OCC. The van der Waals surface area contributed by atoms with Crippen LogP contribution >= 0.6 is 43.2 Å². The summed E-state index contributed by atoms with van der Waals surface area (Å²) < 4.78 is 11.0. The maximum Gasteiger partial charge on any atom is 0.340 e. The molecule has 0 aliphatic rings. The van der Waals surface area contributed by atoms with Crippen LogP contribution < -0.4 is 5.32 Å². The van der Waals surface area contributed by atoms with Crippen LogP contribution in [0, 0.1) is 0 Å². The number of nitrogens with one attached hydrogen (secondary N) is 1. The van der Waals surface area contributed by atoms with Gasteiger partial charge < -0.3 is 14.8 Å². The first-order valence-electron chi connectivity index (χ1n) is 5.99. The van der Waals surface area contributed by atoms with E-state index in [2.05, 4.69) is 37.2 Å². The molecule has 1 amide bonds. The van der Waals surface area contributed by atoms with Crippen LogP contribution in [0.15, 0.2) is 14.3 Å². The molecule has 1 N–H and O–H groups in total. The van der Waals surface area contributed by atoms with E-state index in [1.807, 2.05) is 0 Å². The Morgan fingerprint density at radius 2 is 1.71 bits per heavy atom. The van der Waals surface area contributed by atoms with Gasteiger partial charge in [0.2, 0.25) is 6.04 Å². The molecule has 1 heterocycles. The number of hydrogen-bond donors (Lipinski definition) is 1. The number of carbonyl (C=O) groups is 3. The molecule has 0 aliphatic heterocycles. The van der Waals surface area contributed by atoms with Crippen molar-refractivity contribution in [3.8, 4) is 0 Å². The van der Waals surface area contributed by atoms with Gasteiger partial charge >= 0.3 is 11.9 Å². The maximum absolute atomic E-state index is 12.1. The topological polar surface area (TPSA) is 81.7 Å². The average molecular weight is 443 g/mol. The van der Waals surface area contributed by atoms with Gasteiger partial charge in [0, 0.05) is 4.47 Å². The highest BCUT2D eigenvalue weighted by molar-refractivity contribution is 9.13. The highest BCUT2D eigenvalue weighted by atomic mass is 79.9. The van der Waals surface area contributed by atoms with E-state index in [1.54, 1.807) is 19.9 Å². The third kappa shape index (κ3) is 5.08. The Morgan fingerprint density at radius 3 is 2.10 bits per heavy atom. The van der Waals surface area contributed by atoms with Crippen molar-refractivity contribution < 1.29 is 23.9 Å². The highest BCUT2D eigenvalue weighted by Gasteiger charge is 2.32. The largest absolute Gasteiger partial charge is 0.464 e. The van der Waals surface area contributed by atoms with E-state index in [1.165, 1.54) is 11.3 Å². The van der Waals surface area contributed by atoms with Crippen molar-refractivity contribution in [3.63, 3.8) is 0 Å². The Balaban J connectivity index is 2.87. The van der Waals surface area contributed by atoms with Crippen LogP contribution in [0.25, 0.3) is 0 Å². The van der Waals surface area contributed by atoms with Gasteiger partial charge in [0.15, 0.2) is 0 Å². The molecule has 21 heavy (non-hydrogen) atoms. The Hall–Kier alpha value is -0.930. The Morgan fingerprint density at radius 1 is 1.19 bits per heavy atom. The molecule has 6 nitrogen and oxygen atoms in total. The summed E-state index contributed by atoms with van der Waals surface area (Å²) in [6.07, 6.45) is 0. The third-order valence-electron chi connectivity index (χ3n) is 2.19. The van der Waals surface area contributed by atoms with Crippen molar-refractivity contribution in [2.45, 2.75) is 19.9 Å². The van der Waals surface area contributed by atoms with Crippen molar-refractivity contribution in [3.05, 3.63) is 19.2 Å². The number of esters is 2. The zero-order valence-electron chi connectivity index (χ0n) is 11.3. The second kappa shape index (κ2) is 8.50. The molecule has 0 fully saturated rings. The maximum atomic E-state index is 12.1. The second-order valence-electron chi connectivity index (χ2n) is 3.64. The van der Waals surface area contributed by atoms with Gasteiger partial charge in [-0.25, -0.2) is 9.59 Å². The van der Waals surface area contributed by atoms with Gasteiger partial charge in [-0.05, 0) is 51.8 Å². The molecule has 0 saturated carbocycles. The summed E-state index contributed by atoms with van der Waals surface area (Å²) in [5, 5.41) is 2.32. The van der Waals surface area contributed by atoms with Crippen LogP contribution in [0.2, 0.25) is 0 Å². The normalized spacial score (nSPS) is 10.3. The lowest BCUT2D eigenvalue weighted by Gasteiger charge is -2.15. The van der Waals surface area contributed by atoms with Gasteiger partial charge in [0.25, 0.3) is 5.91 Å². The van der Waals surface area contributed by atoms with Gasteiger partial charge in [0.05, 0.1) is 21.9 Å². The fraction of sp³-hybridized carbons (Fsp3) is 0.417. The van der Waals surface area contributed by atoms with E-state index >= 15 is 0 Å². The van der Waals surface area contributed by atoms with Crippen LogP contribution in [0.3, 0.4) is 0 Å². The zero-order valence-corrected chi connectivity index (χ0v) is 15.3. The summed E-state index contributed by atoms with van der Waals surface area (Å²) in [4.78, 5) is 35.9. The van der Waals surface area contributed by atoms with Crippen molar-refractivity contribution >= 4 is 61.0 Å². The number of halogens is 2. The Kier molecular flexibility index (Phi) is 7.33. The van der Waals surface area contributed by atoms with Gasteiger partial charge in [-0.3, -0.25) is 4.79 Å². The molecule has 1 aromatic rings. The highest BCUT2D eigenvalue weighted by Crippen LogP contribution is 2.32. The van der Waals surface area contributed by atoms with Crippen molar-refractivity contribution in [2.24, 2.45) is 0 Å². The number of amides is 1. The smallest absolute Gasteiger partial charge is 0.340 e. The molecule has 1 aromatic heterocycles.